The van der Waals surface area contributed by atoms with Gasteiger partial charge in [0.1, 0.15) is 5.65 Å². The summed E-state index contributed by atoms with van der Waals surface area (Å²) in [7, 11) is 0. The first-order chi connectivity index (χ1) is 8.45. The molecule has 0 saturated heterocycles. The maximum atomic E-state index is 12.5. The van der Waals surface area contributed by atoms with E-state index in [4.69, 9.17) is 0 Å². The van der Waals surface area contributed by atoms with Crippen LogP contribution in [0.25, 0.3) is 5.65 Å². The highest BCUT2D eigenvalue weighted by molar-refractivity contribution is 5.41. The second-order valence-corrected chi connectivity index (χ2v) is 4.44. The van der Waals surface area contributed by atoms with E-state index in [-0.39, 0.29) is 5.65 Å². The van der Waals surface area contributed by atoms with Crippen LogP contribution in [-0.2, 0) is 6.18 Å². The highest BCUT2D eigenvalue weighted by Crippen LogP contribution is 2.39. The summed E-state index contributed by atoms with van der Waals surface area (Å²) < 4.78 is 38.7. The van der Waals surface area contributed by atoms with Crippen LogP contribution in [-0.4, -0.2) is 9.38 Å². The highest BCUT2D eigenvalue weighted by atomic mass is 19.4. The van der Waals surface area contributed by atoms with Gasteiger partial charge in [-0.05, 0) is 30.4 Å². The predicted octanol–water partition coefficient (Wildman–Crippen LogP) is 2.59. The average molecular weight is 254 g/mol. The lowest BCUT2D eigenvalue weighted by Gasteiger charge is -2.08. The summed E-state index contributed by atoms with van der Waals surface area (Å²) in [5.41, 5.74) is -0.841. The molecule has 18 heavy (non-hydrogen) atoms. The molecule has 0 amide bonds. The van der Waals surface area contributed by atoms with E-state index in [1.54, 1.807) is 12.3 Å². The molecule has 1 fully saturated rings. The molecule has 0 unspecified atom stereocenters. The molecule has 94 valence electrons. The Bertz CT molecular complexity index is 671. The molecular weight excluding hydrogens is 245 g/mol. The standard InChI is InChI=1S/C12H9F3N2O/c13-12(14,15)9-5-11(18)17-6-8(7-1-2-7)3-4-10(17)16-9/h3-7H,1-2H2. The van der Waals surface area contributed by atoms with Crippen molar-refractivity contribution >= 4 is 5.65 Å². The van der Waals surface area contributed by atoms with Gasteiger partial charge in [-0.3, -0.25) is 9.20 Å². The average Bonchev–Trinajstić information content (AvgIpc) is 3.11. The number of hydrogen-bond donors (Lipinski definition) is 0. The fraction of sp³-hybridized carbons (Fsp3) is 0.333. The van der Waals surface area contributed by atoms with Gasteiger partial charge in [0.25, 0.3) is 5.56 Å². The third-order valence-corrected chi connectivity index (χ3v) is 3.02. The van der Waals surface area contributed by atoms with Crippen molar-refractivity contribution in [1.29, 1.82) is 0 Å². The molecule has 0 atom stereocenters. The van der Waals surface area contributed by atoms with Gasteiger partial charge in [-0.2, -0.15) is 13.2 Å². The van der Waals surface area contributed by atoms with Crippen LogP contribution in [0.3, 0.4) is 0 Å². The van der Waals surface area contributed by atoms with Gasteiger partial charge in [0, 0.05) is 12.3 Å². The van der Waals surface area contributed by atoms with Crippen molar-refractivity contribution in [3.8, 4) is 0 Å². The van der Waals surface area contributed by atoms with Gasteiger partial charge in [0.05, 0.1) is 0 Å². The molecular formula is C12H9F3N2O. The maximum absolute atomic E-state index is 12.5. The number of nitrogens with zero attached hydrogens (tertiary/aromatic N) is 2. The number of rotatable bonds is 1. The number of alkyl halides is 3. The van der Waals surface area contributed by atoms with E-state index in [1.807, 2.05) is 0 Å². The van der Waals surface area contributed by atoms with E-state index in [9.17, 15) is 18.0 Å². The predicted molar refractivity (Wildman–Crippen MR) is 58.4 cm³/mol. The number of halogens is 3. The van der Waals surface area contributed by atoms with E-state index in [2.05, 4.69) is 4.98 Å². The molecule has 0 aromatic carbocycles. The van der Waals surface area contributed by atoms with Gasteiger partial charge in [0.15, 0.2) is 5.69 Å². The summed E-state index contributed by atoms with van der Waals surface area (Å²) in [6, 6.07) is 3.73. The molecule has 0 radical (unpaired) electrons. The molecule has 3 rings (SSSR count). The van der Waals surface area contributed by atoms with Crippen LogP contribution < -0.4 is 5.56 Å². The van der Waals surface area contributed by atoms with Crippen molar-refractivity contribution in [2.24, 2.45) is 0 Å². The zero-order valence-electron chi connectivity index (χ0n) is 9.24. The molecule has 1 aliphatic carbocycles. The molecule has 2 aromatic rings. The maximum Gasteiger partial charge on any atom is 0.433 e. The quantitative estimate of drug-likeness (QED) is 0.783. The molecule has 2 heterocycles. The Hall–Kier alpha value is -1.85. The van der Waals surface area contributed by atoms with Crippen molar-refractivity contribution in [3.05, 3.63) is 46.0 Å². The van der Waals surface area contributed by atoms with Crippen LogP contribution in [0, 0.1) is 0 Å². The minimum absolute atomic E-state index is 0.0271. The topological polar surface area (TPSA) is 34.4 Å². The number of pyridine rings is 1. The van der Waals surface area contributed by atoms with Gasteiger partial charge in [-0.15, -0.1) is 0 Å². The second-order valence-electron chi connectivity index (χ2n) is 4.44. The van der Waals surface area contributed by atoms with Crippen LogP contribution in [0.4, 0.5) is 13.2 Å². The number of aromatic nitrogens is 2. The van der Waals surface area contributed by atoms with Crippen molar-refractivity contribution < 1.29 is 13.2 Å². The fourth-order valence-electron chi connectivity index (χ4n) is 1.92. The molecule has 6 heteroatoms. The highest BCUT2D eigenvalue weighted by Gasteiger charge is 2.33. The Balaban J connectivity index is 2.20. The molecule has 0 spiro atoms. The van der Waals surface area contributed by atoms with Gasteiger partial charge in [0.2, 0.25) is 0 Å². The molecule has 1 aliphatic rings. The monoisotopic (exact) mass is 254 g/mol. The van der Waals surface area contributed by atoms with Crippen LogP contribution in [0.2, 0.25) is 0 Å². The van der Waals surface area contributed by atoms with E-state index in [1.165, 1.54) is 10.5 Å². The van der Waals surface area contributed by atoms with Crippen molar-refractivity contribution in [1.82, 2.24) is 9.38 Å². The summed E-state index contributed by atoms with van der Waals surface area (Å²) in [4.78, 5) is 15.1. The van der Waals surface area contributed by atoms with Crippen molar-refractivity contribution in [3.63, 3.8) is 0 Å². The second kappa shape index (κ2) is 3.57. The third-order valence-electron chi connectivity index (χ3n) is 3.02. The molecule has 0 N–H and O–H groups in total. The van der Waals surface area contributed by atoms with E-state index in [0.29, 0.717) is 12.0 Å². The van der Waals surface area contributed by atoms with Gasteiger partial charge in [-0.25, -0.2) is 4.98 Å². The normalized spacial score (nSPS) is 16.2. The Labute approximate surface area is 99.9 Å². The van der Waals surface area contributed by atoms with Crippen LogP contribution in [0.5, 0.6) is 0 Å². The van der Waals surface area contributed by atoms with Gasteiger partial charge in [-0.1, -0.05) is 6.07 Å². The molecule has 3 nitrogen and oxygen atoms in total. The lowest BCUT2D eigenvalue weighted by atomic mass is 10.2. The minimum atomic E-state index is -4.59. The first-order valence-corrected chi connectivity index (χ1v) is 5.56. The lowest BCUT2D eigenvalue weighted by Crippen LogP contribution is -2.20. The summed E-state index contributed by atoms with van der Waals surface area (Å²) in [6.07, 6.45) is -0.881. The molecule has 1 saturated carbocycles. The van der Waals surface area contributed by atoms with E-state index < -0.39 is 17.4 Å². The molecule has 2 aromatic heterocycles. The minimum Gasteiger partial charge on any atom is -0.269 e. The van der Waals surface area contributed by atoms with Gasteiger partial charge < -0.3 is 0 Å². The molecule has 0 aliphatic heterocycles. The van der Waals surface area contributed by atoms with Crippen LogP contribution in [0.1, 0.15) is 30.0 Å². The fourth-order valence-corrected chi connectivity index (χ4v) is 1.92. The zero-order valence-corrected chi connectivity index (χ0v) is 9.24. The summed E-state index contributed by atoms with van der Waals surface area (Å²) in [5.74, 6) is 0.434. The van der Waals surface area contributed by atoms with E-state index >= 15 is 0 Å². The van der Waals surface area contributed by atoms with Crippen LogP contribution in [0.15, 0.2) is 29.2 Å². The molecule has 0 bridgehead atoms. The van der Waals surface area contributed by atoms with Crippen LogP contribution >= 0.6 is 0 Å². The first-order valence-electron chi connectivity index (χ1n) is 5.56. The van der Waals surface area contributed by atoms with Crippen molar-refractivity contribution in [2.75, 3.05) is 0 Å². The Morgan fingerprint density at radius 1 is 1.28 bits per heavy atom. The smallest absolute Gasteiger partial charge is 0.269 e. The Morgan fingerprint density at radius 3 is 2.61 bits per heavy atom. The number of fused-ring (bicyclic) bond motifs is 1. The summed E-state index contributed by atoms with van der Waals surface area (Å²) in [5, 5.41) is 0. The zero-order chi connectivity index (χ0) is 12.9. The number of hydrogen-bond acceptors (Lipinski definition) is 2. The SMILES string of the molecule is O=c1cc(C(F)(F)F)nc2ccc(C3CC3)cn12. The van der Waals surface area contributed by atoms with Crippen molar-refractivity contribution in [2.45, 2.75) is 24.9 Å². The largest absolute Gasteiger partial charge is 0.433 e. The van der Waals surface area contributed by atoms with E-state index in [0.717, 1.165) is 18.4 Å². The lowest BCUT2D eigenvalue weighted by molar-refractivity contribution is -0.141. The summed E-state index contributed by atoms with van der Waals surface area (Å²) >= 11 is 0. The third kappa shape index (κ3) is 1.87. The Morgan fingerprint density at radius 2 is 2.00 bits per heavy atom. The first kappa shape index (κ1) is 11.3. The van der Waals surface area contributed by atoms with Gasteiger partial charge >= 0.3 is 6.18 Å². The Kier molecular flexibility index (Phi) is 2.23. The summed E-state index contributed by atoms with van der Waals surface area (Å²) in [6.45, 7) is 0.